The lowest BCUT2D eigenvalue weighted by Gasteiger charge is -2.19. The number of hydrogen-bond donors (Lipinski definition) is 3. The first kappa shape index (κ1) is 15.7. The van der Waals surface area contributed by atoms with Crippen LogP contribution in [0.2, 0.25) is 0 Å². The smallest absolute Gasteiger partial charge is 0.412 e. The van der Waals surface area contributed by atoms with Gasteiger partial charge in [-0.1, -0.05) is 0 Å². The van der Waals surface area contributed by atoms with Gasteiger partial charge in [0.15, 0.2) is 0 Å². The van der Waals surface area contributed by atoms with E-state index < -0.39 is 11.7 Å². The van der Waals surface area contributed by atoms with Crippen molar-refractivity contribution in [3.8, 4) is 17.0 Å². The third kappa shape index (κ3) is 3.49. The molecule has 0 bridgehead atoms. The molecule has 0 unspecified atom stereocenters. The highest BCUT2D eigenvalue weighted by Gasteiger charge is 2.17. The molecule has 0 saturated heterocycles. The number of aromatic nitrogens is 2. The molecule has 2 rings (SSSR count). The van der Waals surface area contributed by atoms with Crippen molar-refractivity contribution in [2.75, 3.05) is 11.1 Å². The van der Waals surface area contributed by atoms with Crippen molar-refractivity contribution in [2.45, 2.75) is 26.4 Å². The van der Waals surface area contributed by atoms with E-state index in [4.69, 9.17) is 10.5 Å². The highest BCUT2D eigenvalue weighted by Crippen LogP contribution is 2.34. The third-order valence-corrected chi connectivity index (χ3v) is 2.87. The monoisotopic (exact) mass is 304 g/mol. The van der Waals surface area contributed by atoms with Crippen molar-refractivity contribution in [1.82, 2.24) is 9.78 Å². The second kappa shape index (κ2) is 5.59. The predicted molar refractivity (Wildman–Crippen MR) is 84.6 cm³/mol. The number of ether oxygens (including phenoxy) is 1. The molecule has 0 spiro atoms. The molecule has 0 aliphatic rings. The summed E-state index contributed by atoms with van der Waals surface area (Å²) >= 11 is 0. The van der Waals surface area contributed by atoms with Crippen molar-refractivity contribution in [2.24, 2.45) is 7.05 Å². The van der Waals surface area contributed by atoms with Crippen LogP contribution >= 0.6 is 0 Å². The molecular formula is C15H20N4O3. The van der Waals surface area contributed by atoms with E-state index in [1.54, 1.807) is 44.6 Å². The van der Waals surface area contributed by atoms with Gasteiger partial charge < -0.3 is 15.6 Å². The topological polar surface area (TPSA) is 102 Å². The number of nitrogen functional groups attached to an aromatic ring is 1. The average Bonchev–Trinajstić information content (AvgIpc) is 2.67. The Morgan fingerprint density at radius 2 is 2.09 bits per heavy atom. The molecule has 22 heavy (non-hydrogen) atoms. The molecule has 2 aromatic rings. The lowest BCUT2D eigenvalue weighted by atomic mass is 10.1. The predicted octanol–water partition coefficient (Wildman–Crippen LogP) is 2.72. The van der Waals surface area contributed by atoms with E-state index in [0.717, 1.165) is 0 Å². The number of phenolic OH excluding ortho intramolecular Hbond substituents is 1. The summed E-state index contributed by atoms with van der Waals surface area (Å²) in [7, 11) is 1.73. The van der Waals surface area contributed by atoms with Crippen LogP contribution in [0, 0.1) is 0 Å². The maximum Gasteiger partial charge on any atom is 0.412 e. The first-order chi connectivity index (χ1) is 10.2. The van der Waals surface area contributed by atoms with Crippen LogP contribution in [0.3, 0.4) is 0 Å². The van der Waals surface area contributed by atoms with Crippen molar-refractivity contribution < 1.29 is 14.6 Å². The fourth-order valence-corrected chi connectivity index (χ4v) is 2.02. The van der Waals surface area contributed by atoms with Crippen molar-refractivity contribution in [1.29, 1.82) is 0 Å². The van der Waals surface area contributed by atoms with Gasteiger partial charge in [-0.2, -0.15) is 5.10 Å². The number of aryl methyl sites for hydroxylation is 1. The number of amides is 1. The lowest BCUT2D eigenvalue weighted by molar-refractivity contribution is 0.0636. The average molecular weight is 304 g/mol. The van der Waals surface area contributed by atoms with E-state index in [2.05, 4.69) is 10.4 Å². The molecule has 1 amide bonds. The van der Waals surface area contributed by atoms with Gasteiger partial charge in [0.1, 0.15) is 11.4 Å². The molecule has 7 heteroatoms. The summed E-state index contributed by atoms with van der Waals surface area (Å²) in [5, 5.41) is 16.8. The van der Waals surface area contributed by atoms with E-state index in [1.165, 1.54) is 12.3 Å². The van der Waals surface area contributed by atoms with E-state index in [0.29, 0.717) is 22.6 Å². The van der Waals surface area contributed by atoms with E-state index in [-0.39, 0.29) is 5.75 Å². The Kier molecular flexibility index (Phi) is 3.99. The second-order valence-corrected chi connectivity index (χ2v) is 5.93. The standard InChI is InChI=1S/C15H20N4O3/c1-15(2,3)22-14(21)18-9-5-6-10(12(20)7-9)13-11(16)8-17-19(13)4/h5-8,20H,16H2,1-4H3,(H,18,21). The van der Waals surface area contributed by atoms with Crippen LogP contribution in [0.5, 0.6) is 5.75 Å². The Morgan fingerprint density at radius 1 is 1.41 bits per heavy atom. The number of anilines is 2. The molecule has 0 aliphatic carbocycles. The Balaban J connectivity index is 2.22. The Morgan fingerprint density at radius 3 is 2.59 bits per heavy atom. The molecule has 118 valence electrons. The summed E-state index contributed by atoms with van der Waals surface area (Å²) in [5.74, 6) is -0.0103. The van der Waals surface area contributed by atoms with Crippen LogP contribution in [0.1, 0.15) is 20.8 Å². The van der Waals surface area contributed by atoms with Crippen molar-refractivity contribution >= 4 is 17.5 Å². The SMILES string of the molecule is Cn1ncc(N)c1-c1ccc(NC(=O)OC(C)(C)C)cc1O. The van der Waals surface area contributed by atoms with E-state index in [1.807, 2.05) is 0 Å². The summed E-state index contributed by atoms with van der Waals surface area (Å²) in [5.41, 5.74) is 7.30. The summed E-state index contributed by atoms with van der Waals surface area (Å²) < 4.78 is 6.73. The number of carbonyl (C=O) groups is 1. The van der Waals surface area contributed by atoms with Gasteiger partial charge in [-0.25, -0.2) is 4.79 Å². The van der Waals surface area contributed by atoms with Gasteiger partial charge in [0.05, 0.1) is 17.6 Å². The van der Waals surface area contributed by atoms with Gasteiger partial charge >= 0.3 is 6.09 Å². The highest BCUT2D eigenvalue weighted by atomic mass is 16.6. The maximum absolute atomic E-state index is 11.7. The molecular weight excluding hydrogens is 284 g/mol. The zero-order valence-electron chi connectivity index (χ0n) is 13.0. The second-order valence-electron chi connectivity index (χ2n) is 5.93. The molecule has 0 fully saturated rings. The normalized spacial score (nSPS) is 11.3. The lowest BCUT2D eigenvalue weighted by Crippen LogP contribution is -2.27. The molecule has 4 N–H and O–H groups in total. The van der Waals surface area contributed by atoms with E-state index >= 15 is 0 Å². The number of benzene rings is 1. The molecule has 1 aromatic heterocycles. The molecule has 0 saturated carbocycles. The number of rotatable bonds is 2. The maximum atomic E-state index is 11.7. The number of nitrogens with two attached hydrogens (primary N) is 1. The fraction of sp³-hybridized carbons (Fsp3) is 0.333. The molecule has 1 heterocycles. The van der Waals surface area contributed by atoms with Crippen LogP contribution < -0.4 is 11.1 Å². The number of phenols is 1. The van der Waals surface area contributed by atoms with Gasteiger partial charge in [0, 0.05) is 24.4 Å². The molecule has 0 atom stereocenters. The first-order valence-electron chi connectivity index (χ1n) is 6.78. The van der Waals surface area contributed by atoms with Gasteiger partial charge in [-0.05, 0) is 32.9 Å². The minimum absolute atomic E-state index is 0.0103. The highest BCUT2D eigenvalue weighted by molar-refractivity contribution is 5.87. The summed E-state index contributed by atoms with van der Waals surface area (Å²) in [6.45, 7) is 5.33. The van der Waals surface area contributed by atoms with Gasteiger partial charge in [0.2, 0.25) is 0 Å². The van der Waals surface area contributed by atoms with Crippen LogP contribution in [0.25, 0.3) is 11.3 Å². The minimum atomic E-state index is -0.588. The van der Waals surface area contributed by atoms with Crippen molar-refractivity contribution in [3.05, 3.63) is 24.4 Å². The number of nitrogens with one attached hydrogen (secondary N) is 1. The largest absolute Gasteiger partial charge is 0.507 e. The van der Waals surface area contributed by atoms with E-state index in [9.17, 15) is 9.90 Å². The van der Waals surface area contributed by atoms with Crippen LogP contribution in [0.4, 0.5) is 16.2 Å². The fourth-order valence-electron chi connectivity index (χ4n) is 2.02. The number of aromatic hydroxyl groups is 1. The molecule has 0 aliphatic heterocycles. The van der Waals surface area contributed by atoms with Gasteiger partial charge in [0.25, 0.3) is 0 Å². The summed E-state index contributed by atoms with van der Waals surface area (Å²) in [6.07, 6.45) is 0.932. The Labute approximate surface area is 128 Å². The molecule has 7 nitrogen and oxygen atoms in total. The Hall–Kier alpha value is -2.70. The third-order valence-electron chi connectivity index (χ3n) is 2.87. The minimum Gasteiger partial charge on any atom is -0.507 e. The summed E-state index contributed by atoms with van der Waals surface area (Å²) in [6, 6.07) is 4.76. The summed E-state index contributed by atoms with van der Waals surface area (Å²) in [4.78, 5) is 11.7. The van der Waals surface area contributed by atoms with Gasteiger partial charge in [-0.3, -0.25) is 10.00 Å². The number of hydrogen-bond acceptors (Lipinski definition) is 5. The zero-order chi connectivity index (χ0) is 16.5. The van der Waals surface area contributed by atoms with Crippen molar-refractivity contribution in [3.63, 3.8) is 0 Å². The number of carbonyl (C=O) groups excluding carboxylic acids is 1. The molecule has 1 aromatic carbocycles. The quantitative estimate of drug-likeness (QED) is 0.791. The first-order valence-corrected chi connectivity index (χ1v) is 6.78. The van der Waals surface area contributed by atoms with Crippen LogP contribution in [-0.2, 0) is 11.8 Å². The molecule has 0 radical (unpaired) electrons. The zero-order valence-corrected chi connectivity index (χ0v) is 13.0. The Bertz CT molecular complexity index is 682. The van der Waals surface area contributed by atoms with Crippen LogP contribution in [-0.4, -0.2) is 26.6 Å². The van der Waals surface area contributed by atoms with Gasteiger partial charge in [-0.15, -0.1) is 0 Å². The van der Waals surface area contributed by atoms with Crippen LogP contribution in [0.15, 0.2) is 24.4 Å². The number of nitrogens with zero attached hydrogens (tertiary/aromatic N) is 2.